The van der Waals surface area contributed by atoms with Crippen molar-refractivity contribution in [2.75, 3.05) is 7.05 Å². The van der Waals surface area contributed by atoms with E-state index in [0.717, 1.165) is 31.0 Å². The van der Waals surface area contributed by atoms with Gasteiger partial charge in [-0.3, -0.25) is 0 Å². The molecular weight excluding hydrogens is 246 g/mol. The van der Waals surface area contributed by atoms with Gasteiger partial charge in [-0.2, -0.15) is 13.2 Å². The van der Waals surface area contributed by atoms with Crippen LogP contribution in [0.25, 0.3) is 0 Å². The topological polar surface area (TPSA) is 12.0 Å². The minimum absolute atomic E-state index is 0.0153. The summed E-state index contributed by atoms with van der Waals surface area (Å²) < 4.78 is 51.7. The molecule has 0 aliphatic heterocycles. The lowest BCUT2D eigenvalue weighted by Gasteiger charge is -2.21. The molecule has 1 unspecified atom stereocenters. The fourth-order valence-electron chi connectivity index (χ4n) is 1.94. The quantitative estimate of drug-likeness (QED) is 0.781. The second kappa shape index (κ2) is 6.18. The molecule has 1 aromatic rings. The van der Waals surface area contributed by atoms with Crippen molar-refractivity contribution in [1.82, 2.24) is 5.32 Å². The van der Waals surface area contributed by atoms with Crippen LogP contribution < -0.4 is 5.32 Å². The lowest BCUT2D eigenvalue weighted by Crippen LogP contribution is -2.21. The number of unbranched alkanes of at least 4 members (excludes halogenated alkanes) is 1. The van der Waals surface area contributed by atoms with E-state index in [9.17, 15) is 17.6 Å². The number of alkyl halides is 3. The largest absolute Gasteiger partial charge is 0.416 e. The molecule has 0 amide bonds. The fraction of sp³-hybridized carbons (Fsp3) is 0.538. The minimum Gasteiger partial charge on any atom is -0.313 e. The lowest BCUT2D eigenvalue weighted by atomic mass is 9.96. The number of hydrogen-bond donors (Lipinski definition) is 1. The van der Waals surface area contributed by atoms with Crippen molar-refractivity contribution in [3.8, 4) is 0 Å². The van der Waals surface area contributed by atoms with Gasteiger partial charge >= 0.3 is 6.18 Å². The van der Waals surface area contributed by atoms with E-state index < -0.39 is 23.6 Å². The summed E-state index contributed by atoms with van der Waals surface area (Å²) in [6, 6.07) is 2.15. The van der Waals surface area contributed by atoms with Crippen molar-refractivity contribution in [3.63, 3.8) is 0 Å². The number of benzene rings is 1. The van der Waals surface area contributed by atoms with Crippen molar-refractivity contribution in [2.45, 2.75) is 38.4 Å². The Balaban J connectivity index is 3.14. The molecule has 1 nitrogen and oxygen atoms in total. The van der Waals surface area contributed by atoms with Crippen LogP contribution in [0.4, 0.5) is 17.6 Å². The van der Waals surface area contributed by atoms with Crippen molar-refractivity contribution in [2.24, 2.45) is 0 Å². The molecule has 1 N–H and O–H groups in total. The van der Waals surface area contributed by atoms with Crippen LogP contribution in [0, 0.1) is 5.82 Å². The van der Waals surface area contributed by atoms with Crippen LogP contribution in [0.3, 0.4) is 0 Å². The SMILES string of the molecule is CCCCC(NC)c1cc(F)ccc1C(F)(F)F. The van der Waals surface area contributed by atoms with Crippen LogP contribution >= 0.6 is 0 Å². The molecule has 102 valence electrons. The maximum absolute atomic E-state index is 13.2. The Kier molecular flexibility index (Phi) is 5.14. The zero-order valence-corrected chi connectivity index (χ0v) is 10.4. The standard InChI is InChI=1S/C13H17F4N/c1-3-4-5-12(18-2)10-8-9(14)6-7-11(10)13(15,16)17/h6-8,12,18H,3-5H2,1-2H3. The first-order valence-electron chi connectivity index (χ1n) is 5.94. The van der Waals surface area contributed by atoms with Gasteiger partial charge in [-0.05, 0) is 37.2 Å². The third-order valence-corrected chi connectivity index (χ3v) is 2.89. The first-order chi connectivity index (χ1) is 8.40. The highest BCUT2D eigenvalue weighted by Crippen LogP contribution is 2.36. The molecule has 0 aromatic heterocycles. The Morgan fingerprint density at radius 1 is 1.28 bits per heavy atom. The van der Waals surface area contributed by atoms with Gasteiger partial charge in [0.25, 0.3) is 0 Å². The van der Waals surface area contributed by atoms with E-state index in [4.69, 9.17) is 0 Å². The highest BCUT2D eigenvalue weighted by atomic mass is 19.4. The van der Waals surface area contributed by atoms with Gasteiger partial charge in [-0.25, -0.2) is 4.39 Å². The molecule has 18 heavy (non-hydrogen) atoms. The zero-order valence-electron chi connectivity index (χ0n) is 10.4. The van der Waals surface area contributed by atoms with Gasteiger partial charge in [-0.15, -0.1) is 0 Å². The van der Waals surface area contributed by atoms with E-state index in [1.54, 1.807) is 7.05 Å². The summed E-state index contributed by atoms with van der Waals surface area (Å²) in [4.78, 5) is 0. The molecule has 1 atom stereocenters. The van der Waals surface area contributed by atoms with Gasteiger partial charge < -0.3 is 5.32 Å². The molecular formula is C13H17F4N. The summed E-state index contributed by atoms with van der Waals surface area (Å²) >= 11 is 0. The molecule has 0 fully saturated rings. The first kappa shape index (κ1) is 15.0. The average molecular weight is 263 g/mol. The Hall–Kier alpha value is -1.10. The maximum Gasteiger partial charge on any atom is 0.416 e. The van der Waals surface area contributed by atoms with E-state index >= 15 is 0 Å². The van der Waals surface area contributed by atoms with Gasteiger partial charge in [0.05, 0.1) is 5.56 Å². The summed E-state index contributed by atoms with van der Waals surface area (Å²) in [6.07, 6.45) is -2.22. The smallest absolute Gasteiger partial charge is 0.313 e. The third kappa shape index (κ3) is 3.70. The van der Waals surface area contributed by atoms with Crippen LogP contribution in [-0.4, -0.2) is 7.05 Å². The molecule has 0 saturated carbocycles. The zero-order chi connectivity index (χ0) is 13.8. The average Bonchev–Trinajstić information content (AvgIpc) is 2.28. The van der Waals surface area contributed by atoms with E-state index in [-0.39, 0.29) is 5.56 Å². The Morgan fingerprint density at radius 3 is 2.44 bits per heavy atom. The second-order valence-corrected chi connectivity index (χ2v) is 4.21. The van der Waals surface area contributed by atoms with Gasteiger partial charge in [0.2, 0.25) is 0 Å². The highest BCUT2D eigenvalue weighted by Gasteiger charge is 2.35. The highest BCUT2D eigenvalue weighted by molar-refractivity contribution is 5.33. The van der Waals surface area contributed by atoms with E-state index in [1.807, 2.05) is 6.92 Å². The number of nitrogens with one attached hydrogen (secondary N) is 1. The van der Waals surface area contributed by atoms with Gasteiger partial charge in [0, 0.05) is 6.04 Å². The summed E-state index contributed by atoms with van der Waals surface area (Å²) in [5.74, 6) is -0.644. The van der Waals surface area contributed by atoms with Gasteiger partial charge in [-0.1, -0.05) is 19.8 Å². The molecule has 0 spiro atoms. The lowest BCUT2D eigenvalue weighted by molar-refractivity contribution is -0.138. The van der Waals surface area contributed by atoms with Gasteiger partial charge in [0.15, 0.2) is 0 Å². The Morgan fingerprint density at radius 2 is 1.94 bits per heavy atom. The third-order valence-electron chi connectivity index (χ3n) is 2.89. The van der Waals surface area contributed by atoms with Crippen LogP contribution in [-0.2, 0) is 6.18 Å². The molecule has 0 bridgehead atoms. The number of halogens is 4. The van der Waals surface area contributed by atoms with Crippen LogP contribution in [0.1, 0.15) is 43.4 Å². The summed E-state index contributed by atoms with van der Waals surface area (Å²) in [7, 11) is 1.59. The fourth-order valence-corrected chi connectivity index (χ4v) is 1.94. The van der Waals surface area contributed by atoms with Crippen molar-refractivity contribution in [3.05, 3.63) is 35.1 Å². The Labute approximate surface area is 104 Å². The minimum atomic E-state index is -4.45. The molecule has 0 saturated heterocycles. The predicted molar refractivity (Wildman–Crippen MR) is 62.7 cm³/mol. The van der Waals surface area contributed by atoms with Crippen LogP contribution in [0.2, 0.25) is 0 Å². The second-order valence-electron chi connectivity index (χ2n) is 4.21. The van der Waals surface area contributed by atoms with Crippen LogP contribution in [0.15, 0.2) is 18.2 Å². The molecule has 0 heterocycles. The molecule has 1 aromatic carbocycles. The van der Waals surface area contributed by atoms with Gasteiger partial charge in [0.1, 0.15) is 5.82 Å². The molecule has 0 radical (unpaired) electrons. The molecule has 0 aliphatic rings. The number of hydrogen-bond acceptors (Lipinski definition) is 1. The summed E-state index contributed by atoms with van der Waals surface area (Å²) in [6.45, 7) is 1.96. The Bertz CT molecular complexity index is 387. The molecule has 5 heteroatoms. The van der Waals surface area contributed by atoms with E-state index in [0.29, 0.717) is 6.42 Å². The monoisotopic (exact) mass is 263 g/mol. The summed E-state index contributed by atoms with van der Waals surface area (Å²) in [5.41, 5.74) is -0.780. The molecule has 1 rings (SSSR count). The predicted octanol–water partition coefficient (Wildman–Crippen LogP) is 4.30. The van der Waals surface area contributed by atoms with Crippen LogP contribution in [0.5, 0.6) is 0 Å². The van der Waals surface area contributed by atoms with Crippen molar-refractivity contribution >= 4 is 0 Å². The summed E-state index contributed by atoms with van der Waals surface area (Å²) in [5, 5.41) is 2.83. The molecule has 0 aliphatic carbocycles. The maximum atomic E-state index is 13.2. The van der Waals surface area contributed by atoms with E-state index in [2.05, 4.69) is 5.32 Å². The van der Waals surface area contributed by atoms with Crippen molar-refractivity contribution in [1.29, 1.82) is 0 Å². The first-order valence-corrected chi connectivity index (χ1v) is 5.94. The van der Waals surface area contributed by atoms with E-state index in [1.165, 1.54) is 0 Å². The van der Waals surface area contributed by atoms with Crippen molar-refractivity contribution < 1.29 is 17.6 Å². The number of rotatable bonds is 5. The normalized spacial score (nSPS) is 13.7.